The quantitative estimate of drug-likeness (QED) is 0.835. The lowest BCUT2D eigenvalue weighted by Gasteiger charge is -2.12. The summed E-state index contributed by atoms with van der Waals surface area (Å²) in [5, 5.41) is 3.14. The van der Waals surface area contributed by atoms with Gasteiger partial charge in [-0.2, -0.15) is 4.98 Å². The van der Waals surface area contributed by atoms with Crippen molar-refractivity contribution in [3.05, 3.63) is 40.1 Å². The molecule has 0 amide bonds. The molecule has 21 heavy (non-hydrogen) atoms. The molecule has 0 aliphatic heterocycles. The van der Waals surface area contributed by atoms with Crippen molar-refractivity contribution in [2.45, 2.75) is 20.3 Å². The second kappa shape index (κ2) is 6.76. The average molecular weight is 354 g/mol. The first-order chi connectivity index (χ1) is 10.0. The van der Waals surface area contributed by atoms with Gasteiger partial charge in [-0.3, -0.25) is 0 Å². The molecule has 0 saturated heterocycles. The second-order valence-corrected chi connectivity index (χ2v) is 5.50. The number of pyridine rings is 1. The van der Waals surface area contributed by atoms with Gasteiger partial charge >= 0.3 is 0 Å². The number of nitrogen functional groups attached to an aromatic ring is 1. The average Bonchev–Trinajstić information content (AvgIpc) is 2.45. The van der Waals surface area contributed by atoms with E-state index in [0.29, 0.717) is 28.5 Å². The van der Waals surface area contributed by atoms with Crippen molar-refractivity contribution in [1.29, 1.82) is 0 Å². The summed E-state index contributed by atoms with van der Waals surface area (Å²) in [5.41, 5.74) is 7.87. The van der Waals surface area contributed by atoms with Crippen LogP contribution in [0, 0.1) is 12.7 Å². The van der Waals surface area contributed by atoms with Gasteiger partial charge in [0.1, 0.15) is 11.6 Å². The number of aromatic nitrogens is 1. The minimum absolute atomic E-state index is 0.296. The zero-order chi connectivity index (χ0) is 15.4. The van der Waals surface area contributed by atoms with E-state index in [-0.39, 0.29) is 5.82 Å². The molecule has 6 heteroatoms. The van der Waals surface area contributed by atoms with Crippen LogP contribution >= 0.6 is 15.9 Å². The molecule has 4 nitrogen and oxygen atoms in total. The number of nitrogens with two attached hydrogens (primary N) is 1. The fourth-order valence-electron chi connectivity index (χ4n) is 1.75. The maximum atomic E-state index is 13.4. The highest BCUT2D eigenvalue weighted by molar-refractivity contribution is 9.10. The Hall–Kier alpha value is -1.82. The van der Waals surface area contributed by atoms with Crippen molar-refractivity contribution < 1.29 is 9.13 Å². The summed E-state index contributed by atoms with van der Waals surface area (Å²) in [5.74, 6) is 0.702. The predicted octanol–water partition coefficient (Wildman–Crippen LogP) is 4.41. The number of anilines is 3. The van der Waals surface area contributed by atoms with E-state index in [1.807, 2.05) is 13.8 Å². The molecular formula is C15H17BrFN3O. The molecule has 0 spiro atoms. The van der Waals surface area contributed by atoms with E-state index >= 15 is 0 Å². The molecule has 0 bridgehead atoms. The third-order valence-electron chi connectivity index (χ3n) is 2.86. The maximum Gasteiger partial charge on any atom is 0.239 e. The van der Waals surface area contributed by atoms with Crippen LogP contribution in [0.25, 0.3) is 0 Å². The van der Waals surface area contributed by atoms with Crippen molar-refractivity contribution in [1.82, 2.24) is 4.98 Å². The molecule has 3 N–H and O–H groups in total. The molecule has 1 aromatic heterocycles. The van der Waals surface area contributed by atoms with Gasteiger partial charge in [-0.25, -0.2) is 4.39 Å². The molecule has 0 radical (unpaired) electrons. The lowest BCUT2D eigenvalue weighted by molar-refractivity contribution is 0.307. The van der Waals surface area contributed by atoms with Crippen LogP contribution in [0.4, 0.5) is 21.6 Å². The van der Waals surface area contributed by atoms with Gasteiger partial charge in [-0.15, -0.1) is 0 Å². The van der Waals surface area contributed by atoms with Gasteiger partial charge in [-0.1, -0.05) is 6.92 Å². The summed E-state index contributed by atoms with van der Waals surface area (Å²) in [6, 6.07) is 6.62. The number of halogens is 2. The Labute approximate surface area is 131 Å². The molecule has 0 aliphatic rings. The highest BCUT2D eigenvalue weighted by Crippen LogP contribution is 2.28. The second-order valence-electron chi connectivity index (χ2n) is 4.65. The van der Waals surface area contributed by atoms with Gasteiger partial charge < -0.3 is 15.8 Å². The van der Waals surface area contributed by atoms with E-state index in [1.54, 1.807) is 18.2 Å². The SMILES string of the molecule is CCCOc1nc(Nc2cc(Br)c(F)cc2C)ccc1N. The predicted molar refractivity (Wildman–Crippen MR) is 86.6 cm³/mol. The van der Waals surface area contributed by atoms with Crippen LogP contribution in [0.3, 0.4) is 0 Å². The Bertz CT molecular complexity index is 649. The number of nitrogens with zero attached hydrogens (tertiary/aromatic N) is 1. The number of hydrogen-bond acceptors (Lipinski definition) is 4. The number of nitrogens with one attached hydrogen (secondary N) is 1. The van der Waals surface area contributed by atoms with Crippen LogP contribution < -0.4 is 15.8 Å². The topological polar surface area (TPSA) is 60.2 Å². The first-order valence-electron chi connectivity index (χ1n) is 6.63. The molecule has 1 heterocycles. The van der Waals surface area contributed by atoms with E-state index in [1.165, 1.54) is 6.07 Å². The van der Waals surface area contributed by atoms with Gasteiger partial charge in [0.25, 0.3) is 0 Å². The monoisotopic (exact) mass is 353 g/mol. The summed E-state index contributed by atoms with van der Waals surface area (Å²) < 4.78 is 19.3. The first-order valence-corrected chi connectivity index (χ1v) is 7.42. The molecular weight excluding hydrogens is 337 g/mol. The van der Waals surface area contributed by atoms with Gasteiger partial charge in [-0.05, 0) is 59.1 Å². The molecule has 0 fully saturated rings. The van der Waals surface area contributed by atoms with Crippen LogP contribution in [-0.2, 0) is 0 Å². The normalized spacial score (nSPS) is 10.5. The van der Waals surface area contributed by atoms with Crippen LogP contribution in [-0.4, -0.2) is 11.6 Å². The third-order valence-corrected chi connectivity index (χ3v) is 3.47. The smallest absolute Gasteiger partial charge is 0.239 e. The standard InChI is InChI=1S/C15H17BrFN3O/c1-3-6-21-15-12(18)4-5-14(20-15)19-13-8-10(16)11(17)7-9(13)2/h4-5,7-8H,3,6,18H2,1-2H3,(H,19,20). The molecule has 0 atom stereocenters. The molecule has 0 aliphatic carbocycles. The lowest BCUT2D eigenvalue weighted by atomic mass is 10.2. The highest BCUT2D eigenvalue weighted by atomic mass is 79.9. The molecule has 1 aromatic carbocycles. The lowest BCUT2D eigenvalue weighted by Crippen LogP contribution is -2.04. The Kier molecular flexibility index (Phi) is 5.01. The Morgan fingerprint density at radius 3 is 2.86 bits per heavy atom. The minimum atomic E-state index is -0.296. The van der Waals surface area contributed by atoms with Gasteiger partial charge in [0.2, 0.25) is 5.88 Å². The Morgan fingerprint density at radius 2 is 2.14 bits per heavy atom. The number of rotatable bonds is 5. The zero-order valence-corrected chi connectivity index (χ0v) is 13.5. The molecule has 0 saturated carbocycles. The van der Waals surface area contributed by atoms with Crippen molar-refractivity contribution in [3.63, 3.8) is 0 Å². The van der Waals surface area contributed by atoms with Crippen LogP contribution in [0.1, 0.15) is 18.9 Å². The number of hydrogen-bond donors (Lipinski definition) is 2. The van der Waals surface area contributed by atoms with Gasteiger partial charge in [0.05, 0.1) is 16.8 Å². The fraction of sp³-hybridized carbons (Fsp3) is 0.267. The molecule has 112 valence electrons. The van der Waals surface area contributed by atoms with E-state index in [0.717, 1.165) is 17.7 Å². The molecule has 0 unspecified atom stereocenters. The number of aryl methyl sites for hydroxylation is 1. The highest BCUT2D eigenvalue weighted by Gasteiger charge is 2.08. The molecule has 2 aromatic rings. The molecule has 2 rings (SSSR count). The summed E-state index contributed by atoms with van der Waals surface area (Å²) in [6.45, 7) is 4.39. The first kappa shape index (κ1) is 15.6. The van der Waals surface area contributed by atoms with E-state index < -0.39 is 0 Å². The van der Waals surface area contributed by atoms with E-state index in [9.17, 15) is 4.39 Å². The van der Waals surface area contributed by atoms with Crippen LogP contribution in [0.15, 0.2) is 28.7 Å². The van der Waals surface area contributed by atoms with Crippen molar-refractivity contribution in [2.75, 3.05) is 17.7 Å². The summed E-state index contributed by atoms with van der Waals surface area (Å²) in [6.07, 6.45) is 0.878. The number of ether oxygens (including phenoxy) is 1. The number of benzene rings is 1. The largest absolute Gasteiger partial charge is 0.476 e. The maximum absolute atomic E-state index is 13.4. The summed E-state index contributed by atoms with van der Waals surface area (Å²) in [4.78, 5) is 4.33. The van der Waals surface area contributed by atoms with Crippen molar-refractivity contribution in [3.8, 4) is 5.88 Å². The van der Waals surface area contributed by atoms with Gasteiger partial charge in [0, 0.05) is 5.69 Å². The Balaban J connectivity index is 2.25. The zero-order valence-electron chi connectivity index (χ0n) is 11.9. The summed E-state index contributed by atoms with van der Waals surface area (Å²) >= 11 is 3.17. The van der Waals surface area contributed by atoms with E-state index in [4.69, 9.17) is 10.5 Å². The van der Waals surface area contributed by atoms with Crippen molar-refractivity contribution >= 4 is 33.1 Å². The Morgan fingerprint density at radius 1 is 1.38 bits per heavy atom. The van der Waals surface area contributed by atoms with Gasteiger partial charge in [0.15, 0.2) is 0 Å². The van der Waals surface area contributed by atoms with Crippen LogP contribution in [0.2, 0.25) is 0 Å². The van der Waals surface area contributed by atoms with E-state index in [2.05, 4.69) is 26.2 Å². The minimum Gasteiger partial charge on any atom is -0.476 e. The van der Waals surface area contributed by atoms with Crippen LogP contribution in [0.5, 0.6) is 5.88 Å². The fourth-order valence-corrected chi connectivity index (χ4v) is 2.10. The van der Waals surface area contributed by atoms with Crippen molar-refractivity contribution in [2.24, 2.45) is 0 Å². The third kappa shape index (κ3) is 3.85. The summed E-state index contributed by atoms with van der Waals surface area (Å²) in [7, 11) is 0.